The summed E-state index contributed by atoms with van der Waals surface area (Å²) in [6.45, 7) is 0. The van der Waals surface area contributed by atoms with Gasteiger partial charge in [0.15, 0.2) is 0 Å². The molecule has 0 bridgehead atoms. The lowest BCUT2D eigenvalue weighted by atomic mass is 9.94. The number of hydrogen-bond donors (Lipinski definition) is 0. The molecule has 0 saturated heterocycles. The first kappa shape index (κ1) is 23.0. The van der Waals surface area contributed by atoms with Crippen LogP contribution in [-0.4, -0.2) is 0 Å². The molecule has 0 N–H and O–H groups in total. The third kappa shape index (κ3) is 4.24. The highest BCUT2D eigenvalue weighted by atomic mass is 15.1. The summed E-state index contributed by atoms with van der Waals surface area (Å²) in [5, 5.41) is 4.92. The summed E-state index contributed by atoms with van der Waals surface area (Å²) < 4.78 is 0. The second-order valence-electron chi connectivity index (χ2n) is 9.79. The van der Waals surface area contributed by atoms with Crippen molar-refractivity contribution in [3.63, 3.8) is 0 Å². The number of rotatable bonds is 5. The molecule has 7 aromatic carbocycles. The fourth-order valence-electron chi connectivity index (χ4n) is 5.61. The van der Waals surface area contributed by atoms with Crippen molar-refractivity contribution in [2.45, 2.75) is 0 Å². The fraction of sp³-hybridized carbons (Fsp3) is 0. The molecule has 0 aliphatic carbocycles. The van der Waals surface area contributed by atoms with Gasteiger partial charge in [0.2, 0.25) is 0 Å². The number of benzene rings is 7. The zero-order valence-electron chi connectivity index (χ0n) is 21.5. The van der Waals surface area contributed by atoms with E-state index in [0.717, 1.165) is 11.4 Å². The third-order valence-corrected chi connectivity index (χ3v) is 7.45. The molecule has 0 atom stereocenters. The molecule has 0 heterocycles. The lowest BCUT2D eigenvalue weighted by Gasteiger charge is -2.29. The largest absolute Gasteiger partial charge is 0.309 e. The number of nitrogens with zero attached hydrogens (tertiary/aromatic N) is 1. The number of hydrogen-bond acceptors (Lipinski definition) is 1. The van der Waals surface area contributed by atoms with Gasteiger partial charge in [0.25, 0.3) is 0 Å². The van der Waals surface area contributed by atoms with Crippen molar-refractivity contribution in [3.8, 4) is 22.3 Å². The highest BCUT2D eigenvalue weighted by Gasteiger charge is 2.19. The molecule has 0 aliphatic heterocycles. The van der Waals surface area contributed by atoms with Gasteiger partial charge in [0.1, 0.15) is 0 Å². The maximum absolute atomic E-state index is 2.41. The van der Waals surface area contributed by atoms with Gasteiger partial charge in [-0.05, 0) is 57.3 Å². The average Bonchev–Trinajstić information content (AvgIpc) is 3.02. The number of anilines is 3. The smallest absolute Gasteiger partial charge is 0.0546 e. The van der Waals surface area contributed by atoms with E-state index in [1.807, 2.05) is 0 Å². The van der Waals surface area contributed by atoms with Gasteiger partial charge in [-0.15, -0.1) is 0 Å². The van der Waals surface area contributed by atoms with Crippen LogP contribution in [0, 0.1) is 0 Å². The first-order chi connectivity index (χ1) is 19.4. The molecule has 184 valence electrons. The topological polar surface area (TPSA) is 3.24 Å². The van der Waals surface area contributed by atoms with Crippen LogP contribution in [0.25, 0.3) is 43.8 Å². The standard InChI is InChI=1S/C38H27N/c1-3-12-28(13-4-1)29-24-26-31(27-25-29)35-21-9-16-32-17-11-23-37(38(32)35)39(33-18-5-2-6-19-33)36-22-10-15-30-14-7-8-20-34(30)36/h1-27H. The van der Waals surface area contributed by atoms with Crippen LogP contribution in [-0.2, 0) is 0 Å². The molecule has 7 aromatic rings. The Morgan fingerprint density at radius 3 is 1.64 bits per heavy atom. The van der Waals surface area contributed by atoms with Crippen LogP contribution in [0.5, 0.6) is 0 Å². The minimum absolute atomic E-state index is 1.13. The van der Waals surface area contributed by atoms with Gasteiger partial charge in [-0.25, -0.2) is 0 Å². The molecule has 0 aliphatic rings. The molecule has 39 heavy (non-hydrogen) atoms. The van der Waals surface area contributed by atoms with E-state index in [-0.39, 0.29) is 0 Å². The van der Waals surface area contributed by atoms with Gasteiger partial charge >= 0.3 is 0 Å². The second-order valence-corrected chi connectivity index (χ2v) is 9.79. The SMILES string of the molecule is c1ccc(-c2ccc(-c3cccc4cccc(N(c5ccccc5)c5cccc6ccccc56)c34)cc2)cc1. The van der Waals surface area contributed by atoms with Gasteiger partial charge in [-0.3, -0.25) is 0 Å². The maximum atomic E-state index is 2.41. The van der Waals surface area contributed by atoms with E-state index < -0.39 is 0 Å². The molecular formula is C38H27N. The van der Waals surface area contributed by atoms with Gasteiger partial charge in [-0.1, -0.05) is 140 Å². The van der Waals surface area contributed by atoms with Gasteiger partial charge in [0.05, 0.1) is 11.4 Å². The summed E-state index contributed by atoms with van der Waals surface area (Å²) in [5.74, 6) is 0. The van der Waals surface area contributed by atoms with E-state index in [9.17, 15) is 0 Å². The molecule has 0 spiro atoms. The van der Waals surface area contributed by atoms with E-state index in [0.29, 0.717) is 0 Å². The van der Waals surface area contributed by atoms with Crippen LogP contribution < -0.4 is 4.90 Å². The Hall–Kier alpha value is -5.14. The second kappa shape index (κ2) is 9.96. The molecule has 0 saturated carbocycles. The Labute approximate surface area is 229 Å². The predicted molar refractivity (Wildman–Crippen MR) is 167 cm³/mol. The molecule has 0 aromatic heterocycles. The van der Waals surface area contributed by atoms with Crippen LogP contribution >= 0.6 is 0 Å². The normalized spacial score (nSPS) is 11.1. The van der Waals surface area contributed by atoms with Gasteiger partial charge in [0, 0.05) is 16.5 Å². The summed E-state index contributed by atoms with van der Waals surface area (Å²) in [6.07, 6.45) is 0. The quantitative estimate of drug-likeness (QED) is 0.229. The molecule has 1 nitrogen and oxygen atoms in total. The van der Waals surface area contributed by atoms with E-state index in [2.05, 4.69) is 169 Å². The van der Waals surface area contributed by atoms with Crippen molar-refractivity contribution < 1.29 is 0 Å². The first-order valence-electron chi connectivity index (χ1n) is 13.4. The first-order valence-corrected chi connectivity index (χ1v) is 13.4. The lowest BCUT2D eigenvalue weighted by Crippen LogP contribution is -2.11. The van der Waals surface area contributed by atoms with Crippen molar-refractivity contribution >= 4 is 38.6 Å². The molecule has 1 heteroatoms. The summed E-state index contributed by atoms with van der Waals surface area (Å²) >= 11 is 0. The minimum atomic E-state index is 1.13. The zero-order valence-corrected chi connectivity index (χ0v) is 21.5. The highest BCUT2D eigenvalue weighted by molar-refractivity contribution is 6.10. The highest BCUT2D eigenvalue weighted by Crippen LogP contribution is 2.44. The van der Waals surface area contributed by atoms with Crippen LogP contribution in [0.15, 0.2) is 164 Å². The molecule has 0 radical (unpaired) electrons. The van der Waals surface area contributed by atoms with Crippen LogP contribution in [0.2, 0.25) is 0 Å². The average molecular weight is 498 g/mol. The van der Waals surface area contributed by atoms with Crippen LogP contribution in [0.3, 0.4) is 0 Å². The Morgan fingerprint density at radius 2 is 0.872 bits per heavy atom. The summed E-state index contributed by atoms with van der Waals surface area (Å²) in [6, 6.07) is 58.7. The molecule has 7 rings (SSSR count). The molecular weight excluding hydrogens is 470 g/mol. The van der Waals surface area contributed by atoms with E-state index in [4.69, 9.17) is 0 Å². The van der Waals surface area contributed by atoms with Gasteiger partial charge in [-0.2, -0.15) is 0 Å². The molecule has 0 unspecified atom stereocenters. The predicted octanol–water partition coefficient (Wildman–Crippen LogP) is 10.8. The minimum Gasteiger partial charge on any atom is -0.309 e. The Bertz CT molecular complexity index is 1880. The summed E-state index contributed by atoms with van der Waals surface area (Å²) in [4.78, 5) is 2.41. The van der Waals surface area contributed by atoms with Crippen molar-refractivity contribution in [1.82, 2.24) is 0 Å². The summed E-state index contributed by atoms with van der Waals surface area (Å²) in [5.41, 5.74) is 8.35. The molecule has 0 amide bonds. The van der Waals surface area contributed by atoms with Crippen molar-refractivity contribution in [1.29, 1.82) is 0 Å². The van der Waals surface area contributed by atoms with E-state index >= 15 is 0 Å². The third-order valence-electron chi connectivity index (χ3n) is 7.45. The van der Waals surface area contributed by atoms with Crippen LogP contribution in [0.4, 0.5) is 17.1 Å². The fourth-order valence-corrected chi connectivity index (χ4v) is 5.61. The number of fused-ring (bicyclic) bond motifs is 2. The van der Waals surface area contributed by atoms with E-state index in [1.54, 1.807) is 0 Å². The molecule has 0 fully saturated rings. The zero-order chi connectivity index (χ0) is 26.0. The lowest BCUT2D eigenvalue weighted by molar-refractivity contribution is 1.31. The van der Waals surface area contributed by atoms with Crippen molar-refractivity contribution in [2.24, 2.45) is 0 Å². The van der Waals surface area contributed by atoms with Crippen molar-refractivity contribution in [2.75, 3.05) is 4.90 Å². The van der Waals surface area contributed by atoms with Gasteiger partial charge < -0.3 is 4.90 Å². The Balaban J connectivity index is 1.46. The van der Waals surface area contributed by atoms with Crippen molar-refractivity contribution in [3.05, 3.63) is 164 Å². The van der Waals surface area contributed by atoms with E-state index in [1.165, 1.54) is 49.5 Å². The Morgan fingerprint density at radius 1 is 0.333 bits per heavy atom. The Kier molecular flexibility index (Phi) is 5.88. The van der Waals surface area contributed by atoms with Crippen LogP contribution in [0.1, 0.15) is 0 Å². The monoisotopic (exact) mass is 497 g/mol. The summed E-state index contributed by atoms with van der Waals surface area (Å²) in [7, 11) is 0. The maximum Gasteiger partial charge on any atom is 0.0546 e. The number of para-hydroxylation sites is 1.